The van der Waals surface area contributed by atoms with E-state index in [2.05, 4.69) is 10.1 Å². The molecule has 7 nitrogen and oxygen atoms in total. The lowest BCUT2D eigenvalue weighted by atomic mass is 10.2. The lowest BCUT2D eigenvalue weighted by Crippen LogP contribution is -2.52. The zero-order chi connectivity index (χ0) is 14.6. The number of rotatable bonds is 6. The number of carbonyl (C=O) groups is 3. The van der Waals surface area contributed by atoms with Crippen LogP contribution in [-0.4, -0.2) is 53.7 Å². The van der Waals surface area contributed by atoms with E-state index >= 15 is 0 Å². The summed E-state index contributed by atoms with van der Waals surface area (Å²) in [5, 5.41) is 11.5. The maximum absolute atomic E-state index is 12.0. The SMILES string of the molecule is COC(=O)CN(C(=O)NC(C(=O)O)C1CC1)C(C)C. The van der Waals surface area contributed by atoms with Gasteiger partial charge in [-0.2, -0.15) is 0 Å². The predicted octanol–water partition coefficient (Wildman–Crippen LogP) is 0.443. The van der Waals surface area contributed by atoms with Crippen LogP contribution in [0.5, 0.6) is 0 Å². The minimum atomic E-state index is -1.04. The van der Waals surface area contributed by atoms with Gasteiger partial charge in [-0.1, -0.05) is 0 Å². The van der Waals surface area contributed by atoms with Gasteiger partial charge < -0.3 is 20.1 Å². The molecule has 0 aromatic carbocycles. The number of carbonyl (C=O) groups excluding carboxylic acids is 2. The standard InChI is InChI=1S/C12H20N2O5/c1-7(2)14(6-9(15)19-3)12(18)13-10(11(16)17)8-4-5-8/h7-8,10H,4-6H2,1-3H3,(H,13,18)(H,16,17). The van der Waals surface area contributed by atoms with Crippen molar-refractivity contribution in [3.8, 4) is 0 Å². The molecule has 108 valence electrons. The molecule has 0 spiro atoms. The number of methoxy groups -OCH3 is 1. The Kier molecular flexibility index (Phi) is 5.14. The van der Waals surface area contributed by atoms with Crippen LogP contribution in [0, 0.1) is 5.92 Å². The van der Waals surface area contributed by atoms with Crippen molar-refractivity contribution in [1.82, 2.24) is 10.2 Å². The number of nitrogens with one attached hydrogen (secondary N) is 1. The van der Waals surface area contributed by atoms with Crippen molar-refractivity contribution in [1.29, 1.82) is 0 Å². The quantitative estimate of drug-likeness (QED) is 0.684. The molecule has 7 heteroatoms. The average Bonchev–Trinajstić information content (AvgIpc) is 3.15. The highest BCUT2D eigenvalue weighted by atomic mass is 16.5. The summed E-state index contributed by atoms with van der Waals surface area (Å²) in [7, 11) is 1.24. The molecule has 1 rings (SSSR count). The highest BCUT2D eigenvalue weighted by molar-refractivity contribution is 5.85. The van der Waals surface area contributed by atoms with Gasteiger partial charge in [0, 0.05) is 6.04 Å². The monoisotopic (exact) mass is 272 g/mol. The number of urea groups is 1. The lowest BCUT2D eigenvalue weighted by molar-refractivity contribution is -0.141. The van der Waals surface area contributed by atoms with Gasteiger partial charge in [0.15, 0.2) is 0 Å². The van der Waals surface area contributed by atoms with Gasteiger partial charge in [-0.3, -0.25) is 4.79 Å². The predicted molar refractivity (Wildman–Crippen MR) is 66.5 cm³/mol. The van der Waals surface area contributed by atoms with E-state index in [9.17, 15) is 14.4 Å². The van der Waals surface area contributed by atoms with Crippen molar-refractivity contribution in [2.75, 3.05) is 13.7 Å². The molecule has 1 saturated carbocycles. The average molecular weight is 272 g/mol. The van der Waals surface area contributed by atoms with Crippen LogP contribution in [0.15, 0.2) is 0 Å². The van der Waals surface area contributed by atoms with E-state index in [4.69, 9.17) is 5.11 Å². The second-order valence-corrected chi connectivity index (χ2v) is 4.90. The molecule has 0 aromatic rings. The molecule has 1 atom stereocenters. The molecule has 1 fully saturated rings. The molecule has 2 amide bonds. The minimum absolute atomic E-state index is 0.00594. The van der Waals surface area contributed by atoms with E-state index in [1.807, 2.05) is 0 Å². The van der Waals surface area contributed by atoms with Gasteiger partial charge in [0.2, 0.25) is 0 Å². The number of amides is 2. The molecule has 0 saturated heterocycles. The number of nitrogens with zero attached hydrogens (tertiary/aromatic N) is 1. The number of hydrogen-bond donors (Lipinski definition) is 2. The molecular formula is C12H20N2O5. The van der Waals surface area contributed by atoms with Gasteiger partial charge in [0.25, 0.3) is 0 Å². The van der Waals surface area contributed by atoms with Crippen LogP contribution in [-0.2, 0) is 14.3 Å². The maximum atomic E-state index is 12.0. The van der Waals surface area contributed by atoms with Crippen molar-refractivity contribution in [2.45, 2.75) is 38.8 Å². The Hall–Kier alpha value is -1.79. The van der Waals surface area contributed by atoms with Crippen molar-refractivity contribution < 1.29 is 24.2 Å². The Morgan fingerprint density at radius 1 is 1.37 bits per heavy atom. The zero-order valence-electron chi connectivity index (χ0n) is 11.4. The molecule has 0 aliphatic heterocycles. The number of hydrogen-bond acceptors (Lipinski definition) is 4. The molecule has 2 N–H and O–H groups in total. The first kappa shape index (κ1) is 15.3. The number of carboxylic acid groups (broad SMARTS) is 1. The summed E-state index contributed by atoms with van der Waals surface area (Å²) >= 11 is 0. The number of ether oxygens (including phenoxy) is 1. The molecular weight excluding hydrogens is 252 g/mol. The third kappa shape index (κ3) is 4.42. The molecule has 0 bridgehead atoms. The normalized spacial score (nSPS) is 15.8. The Morgan fingerprint density at radius 2 is 1.95 bits per heavy atom. The smallest absolute Gasteiger partial charge is 0.326 e. The Morgan fingerprint density at radius 3 is 2.32 bits per heavy atom. The topological polar surface area (TPSA) is 95.9 Å². The number of aliphatic carboxylic acids is 1. The molecule has 1 unspecified atom stereocenters. The zero-order valence-corrected chi connectivity index (χ0v) is 11.4. The molecule has 0 heterocycles. The van der Waals surface area contributed by atoms with Crippen molar-refractivity contribution in [2.24, 2.45) is 5.92 Å². The Bertz CT molecular complexity index is 365. The summed E-state index contributed by atoms with van der Waals surface area (Å²) in [6.45, 7) is 3.29. The molecule has 0 radical (unpaired) electrons. The van der Waals surface area contributed by atoms with Crippen LogP contribution in [0.25, 0.3) is 0 Å². The molecule has 1 aliphatic carbocycles. The van der Waals surface area contributed by atoms with E-state index in [0.717, 1.165) is 12.8 Å². The summed E-state index contributed by atoms with van der Waals surface area (Å²) in [6, 6.07) is -1.67. The fourth-order valence-corrected chi connectivity index (χ4v) is 1.72. The van der Waals surface area contributed by atoms with Crippen LogP contribution >= 0.6 is 0 Å². The first-order valence-corrected chi connectivity index (χ1v) is 6.23. The van der Waals surface area contributed by atoms with Crippen LogP contribution in [0.2, 0.25) is 0 Å². The first-order valence-electron chi connectivity index (χ1n) is 6.23. The highest BCUT2D eigenvalue weighted by Gasteiger charge is 2.38. The second kappa shape index (κ2) is 6.40. The van der Waals surface area contributed by atoms with Gasteiger partial charge in [-0.25, -0.2) is 9.59 Å². The van der Waals surface area contributed by atoms with E-state index in [0.29, 0.717) is 0 Å². The molecule has 0 aromatic heterocycles. The van der Waals surface area contributed by atoms with Crippen LogP contribution in [0.3, 0.4) is 0 Å². The van der Waals surface area contributed by atoms with Crippen molar-refractivity contribution >= 4 is 18.0 Å². The first-order chi connectivity index (χ1) is 8.86. The minimum Gasteiger partial charge on any atom is -0.480 e. The fraction of sp³-hybridized carbons (Fsp3) is 0.750. The summed E-state index contributed by atoms with van der Waals surface area (Å²) < 4.78 is 4.52. The molecule has 19 heavy (non-hydrogen) atoms. The number of carboxylic acids is 1. The van der Waals surface area contributed by atoms with Gasteiger partial charge in [-0.05, 0) is 32.6 Å². The lowest BCUT2D eigenvalue weighted by Gasteiger charge is -2.27. The van der Waals surface area contributed by atoms with Gasteiger partial charge in [-0.15, -0.1) is 0 Å². The van der Waals surface area contributed by atoms with Crippen molar-refractivity contribution in [3.63, 3.8) is 0 Å². The summed E-state index contributed by atoms with van der Waals surface area (Å²) in [5.74, 6) is -1.59. The van der Waals surface area contributed by atoms with E-state index < -0.39 is 24.0 Å². The van der Waals surface area contributed by atoms with Gasteiger partial charge >= 0.3 is 18.0 Å². The largest absolute Gasteiger partial charge is 0.480 e. The molecule has 1 aliphatic rings. The van der Waals surface area contributed by atoms with Gasteiger partial charge in [0.05, 0.1) is 7.11 Å². The summed E-state index contributed by atoms with van der Waals surface area (Å²) in [4.78, 5) is 35.6. The van der Waals surface area contributed by atoms with E-state index in [1.165, 1.54) is 12.0 Å². The van der Waals surface area contributed by atoms with Crippen LogP contribution in [0.1, 0.15) is 26.7 Å². The summed E-state index contributed by atoms with van der Waals surface area (Å²) in [6.07, 6.45) is 1.60. The van der Waals surface area contributed by atoms with E-state index in [-0.39, 0.29) is 18.5 Å². The van der Waals surface area contributed by atoms with Gasteiger partial charge in [0.1, 0.15) is 12.6 Å². The third-order valence-electron chi connectivity index (χ3n) is 3.05. The number of esters is 1. The Balaban J connectivity index is 2.65. The third-order valence-corrected chi connectivity index (χ3v) is 3.05. The maximum Gasteiger partial charge on any atom is 0.326 e. The summed E-state index contributed by atoms with van der Waals surface area (Å²) in [5.41, 5.74) is 0. The van der Waals surface area contributed by atoms with Crippen molar-refractivity contribution in [3.05, 3.63) is 0 Å². The highest BCUT2D eigenvalue weighted by Crippen LogP contribution is 2.32. The van der Waals surface area contributed by atoms with E-state index in [1.54, 1.807) is 13.8 Å². The fourth-order valence-electron chi connectivity index (χ4n) is 1.72. The van der Waals surface area contributed by atoms with Crippen LogP contribution in [0.4, 0.5) is 4.79 Å². The second-order valence-electron chi connectivity index (χ2n) is 4.90. The van der Waals surface area contributed by atoms with Crippen LogP contribution < -0.4 is 5.32 Å². The Labute approximate surface area is 111 Å².